The Balaban J connectivity index is 2.82. The predicted octanol–water partition coefficient (Wildman–Crippen LogP) is 3.58. The molecule has 0 bridgehead atoms. The summed E-state index contributed by atoms with van der Waals surface area (Å²) in [4.78, 5) is 1.02. The molecule has 0 unspecified atom stereocenters. The maximum atomic E-state index is 9.14. The Morgan fingerprint density at radius 1 is 1.43 bits per heavy atom. The maximum Gasteiger partial charge on any atom is 0.0693 e. The molecule has 1 aromatic rings. The third-order valence-corrected chi connectivity index (χ3v) is 3.81. The summed E-state index contributed by atoms with van der Waals surface area (Å²) >= 11 is 7.77. The molecule has 3 heteroatoms. The summed E-state index contributed by atoms with van der Waals surface area (Å²) in [5.74, 6) is 1.65. The Kier molecular flexibility index (Phi) is 4.79. The highest BCUT2D eigenvalue weighted by Crippen LogP contribution is 2.31. The van der Waals surface area contributed by atoms with E-state index in [0.29, 0.717) is 5.92 Å². The van der Waals surface area contributed by atoms with Crippen LogP contribution in [0.25, 0.3) is 0 Å². The summed E-state index contributed by atoms with van der Waals surface area (Å²) in [7, 11) is 0. The zero-order valence-electron chi connectivity index (χ0n) is 8.46. The molecular weight excluding hydrogens is 216 g/mol. The van der Waals surface area contributed by atoms with E-state index < -0.39 is 0 Å². The molecule has 0 fully saturated rings. The van der Waals surface area contributed by atoms with Gasteiger partial charge in [0.2, 0.25) is 0 Å². The molecule has 0 aliphatic rings. The molecule has 0 amide bonds. The second kappa shape index (κ2) is 5.64. The van der Waals surface area contributed by atoms with Gasteiger partial charge in [-0.1, -0.05) is 37.6 Å². The van der Waals surface area contributed by atoms with Gasteiger partial charge in [-0.15, -0.1) is 11.8 Å². The fourth-order valence-corrected chi connectivity index (χ4v) is 2.47. The van der Waals surface area contributed by atoms with Gasteiger partial charge in [-0.2, -0.15) is 0 Å². The molecule has 78 valence electrons. The number of hydrogen-bond donors (Lipinski definition) is 1. The van der Waals surface area contributed by atoms with Crippen LogP contribution in [0.5, 0.6) is 0 Å². The Bertz CT molecular complexity index is 299. The smallest absolute Gasteiger partial charge is 0.0693 e. The molecule has 0 aromatic heterocycles. The zero-order chi connectivity index (χ0) is 10.6. The molecular formula is C11H15ClOS. The van der Waals surface area contributed by atoms with Gasteiger partial charge in [0, 0.05) is 10.6 Å². The lowest BCUT2D eigenvalue weighted by Gasteiger charge is -2.10. The third kappa shape index (κ3) is 3.19. The third-order valence-electron chi connectivity index (χ3n) is 1.78. The van der Waals surface area contributed by atoms with E-state index in [1.807, 2.05) is 18.2 Å². The van der Waals surface area contributed by atoms with Crippen molar-refractivity contribution in [2.75, 3.05) is 5.75 Å². The number of halogens is 1. The Morgan fingerprint density at radius 2 is 2.14 bits per heavy atom. The summed E-state index contributed by atoms with van der Waals surface area (Å²) in [5.41, 5.74) is 0.920. The molecule has 0 aliphatic heterocycles. The van der Waals surface area contributed by atoms with Crippen LogP contribution in [-0.4, -0.2) is 10.9 Å². The molecule has 14 heavy (non-hydrogen) atoms. The molecule has 0 spiro atoms. The molecule has 0 saturated carbocycles. The van der Waals surface area contributed by atoms with E-state index >= 15 is 0 Å². The lowest BCUT2D eigenvalue weighted by Crippen LogP contribution is -1.94. The Morgan fingerprint density at radius 3 is 2.71 bits per heavy atom. The van der Waals surface area contributed by atoms with Crippen molar-refractivity contribution in [3.63, 3.8) is 0 Å². The monoisotopic (exact) mass is 230 g/mol. The van der Waals surface area contributed by atoms with Gasteiger partial charge in [0.1, 0.15) is 0 Å². The van der Waals surface area contributed by atoms with Crippen molar-refractivity contribution in [3.05, 3.63) is 28.8 Å². The Hall–Kier alpha value is -0.180. The van der Waals surface area contributed by atoms with Crippen molar-refractivity contribution < 1.29 is 5.11 Å². The molecule has 0 saturated heterocycles. The van der Waals surface area contributed by atoms with Crippen molar-refractivity contribution in [1.82, 2.24) is 0 Å². The van der Waals surface area contributed by atoms with Crippen LogP contribution >= 0.6 is 23.4 Å². The average Bonchev–Trinajstić information content (AvgIpc) is 2.15. The maximum absolute atomic E-state index is 9.14. The van der Waals surface area contributed by atoms with Gasteiger partial charge >= 0.3 is 0 Å². The fourth-order valence-electron chi connectivity index (χ4n) is 1.09. The normalized spacial score (nSPS) is 10.9. The first-order chi connectivity index (χ1) is 6.65. The van der Waals surface area contributed by atoms with Crippen LogP contribution in [0.4, 0.5) is 0 Å². The number of hydrogen-bond acceptors (Lipinski definition) is 2. The standard InChI is InChI=1S/C11H15ClOS/c1-8(2)7-14-11-9(6-13)4-3-5-10(11)12/h3-5,8,13H,6-7H2,1-2H3. The first-order valence-electron chi connectivity index (χ1n) is 4.66. The van der Waals surface area contributed by atoms with E-state index in [0.717, 1.165) is 21.2 Å². The van der Waals surface area contributed by atoms with Crippen LogP contribution in [0.2, 0.25) is 5.02 Å². The highest BCUT2D eigenvalue weighted by molar-refractivity contribution is 7.99. The zero-order valence-corrected chi connectivity index (χ0v) is 10.0. The lowest BCUT2D eigenvalue weighted by molar-refractivity contribution is 0.279. The van der Waals surface area contributed by atoms with E-state index in [9.17, 15) is 0 Å². The van der Waals surface area contributed by atoms with E-state index in [2.05, 4.69) is 13.8 Å². The van der Waals surface area contributed by atoms with Gasteiger partial charge in [0.05, 0.1) is 11.6 Å². The minimum atomic E-state index is 0.0565. The molecule has 0 atom stereocenters. The highest BCUT2D eigenvalue weighted by Gasteiger charge is 2.07. The summed E-state index contributed by atoms with van der Waals surface area (Å²) in [5, 5.41) is 9.87. The van der Waals surface area contributed by atoms with E-state index in [1.54, 1.807) is 11.8 Å². The minimum absolute atomic E-state index is 0.0565. The second-order valence-corrected chi connectivity index (χ2v) is 5.03. The van der Waals surface area contributed by atoms with Crippen molar-refractivity contribution in [1.29, 1.82) is 0 Å². The quantitative estimate of drug-likeness (QED) is 0.798. The van der Waals surface area contributed by atoms with Gasteiger partial charge in [-0.05, 0) is 17.5 Å². The largest absolute Gasteiger partial charge is 0.392 e. The van der Waals surface area contributed by atoms with Crippen LogP contribution in [0, 0.1) is 5.92 Å². The molecule has 0 radical (unpaired) electrons. The van der Waals surface area contributed by atoms with Crippen LogP contribution in [0.1, 0.15) is 19.4 Å². The van der Waals surface area contributed by atoms with Gasteiger partial charge in [0.15, 0.2) is 0 Å². The van der Waals surface area contributed by atoms with Crippen LogP contribution in [0.15, 0.2) is 23.1 Å². The number of aliphatic hydroxyl groups is 1. The SMILES string of the molecule is CC(C)CSc1c(Cl)cccc1CO. The van der Waals surface area contributed by atoms with Gasteiger partial charge in [-0.25, -0.2) is 0 Å². The summed E-state index contributed by atoms with van der Waals surface area (Å²) < 4.78 is 0. The lowest BCUT2D eigenvalue weighted by atomic mass is 10.2. The van der Waals surface area contributed by atoms with Crippen molar-refractivity contribution in [3.8, 4) is 0 Å². The van der Waals surface area contributed by atoms with E-state index in [1.165, 1.54) is 0 Å². The first-order valence-corrected chi connectivity index (χ1v) is 6.02. The number of benzene rings is 1. The predicted molar refractivity (Wildman–Crippen MR) is 62.9 cm³/mol. The minimum Gasteiger partial charge on any atom is -0.392 e. The number of rotatable bonds is 4. The summed E-state index contributed by atoms with van der Waals surface area (Å²) in [6.45, 7) is 4.39. The Labute approximate surface area is 94.5 Å². The molecule has 0 heterocycles. The van der Waals surface area contributed by atoms with Crippen LogP contribution < -0.4 is 0 Å². The molecule has 1 nitrogen and oxygen atoms in total. The summed E-state index contributed by atoms with van der Waals surface area (Å²) in [6, 6.07) is 5.64. The second-order valence-electron chi connectivity index (χ2n) is 3.59. The molecule has 0 aliphatic carbocycles. The van der Waals surface area contributed by atoms with Gasteiger partial charge < -0.3 is 5.11 Å². The van der Waals surface area contributed by atoms with E-state index in [-0.39, 0.29) is 6.61 Å². The van der Waals surface area contributed by atoms with E-state index in [4.69, 9.17) is 16.7 Å². The van der Waals surface area contributed by atoms with Gasteiger partial charge in [0.25, 0.3) is 0 Å². The summed E-state index contributed by atoms with van der Waals surface area (Å²) in [6.07, 6.45) is 0. The molecule has 1 rings (SSSR count). The van der Waals surface area contributed by atoms with Crippen LogP contribution in [-0.2, 0) is 6.61 Å². The topological polar surface area (TPSA) is 20.2 Å². The van der Waals surface area contributed by atoms with Crippen molar-refractivity contribution in [2.45, 2.75) is 25.3 Å². The molecule has 1 aromatic carbocycles. The van der Waals surface area contributed by atoms with Gasteiger partial charge in [-0.3, -0.25) is 0 Å². The van der Waals surface area contributed by atoms with Crippen molar-refractivity contribution >= 4 is 23.4 Å². The van der Waals surface area contributed by atoms with Crippen LogP contribution in [0.3, 0.4) is 0 Å². The highest BCUT2D eigenvalue weighted by atomic mass is 35.5. The molecule has 1 N–H and O–H groups in total. The number of aliphatic hydroxyl groups excluding tert-OH is 1. The van der Waals surface area contributed by atoms with Crippen molar-refractivity contribution in [2.24, 2.45) is 5.92 Å². The average molecular weight is 231 g/mol. The number of thioether (sulfide) groups is 1. The first kappa shape index (κ1) is 11.9. The fraction of sp³-hybridized carbons (Fsp3) is 0.455.